The number of aromatic nitrogens is 1. The number of hydrogen-bond donors (Lipinski definition) is 1. The van der Waals surface area contributed by atoms with Crippen LogP contribution in [-0.4, -0.2) is 17.5 Å². The molecule has 0 fully saturated rings. The lowest BCUT2D eigenvalue weighted by Gasteiger charge is -2.05. The second kappa shape index (κ2) is 8.05. The molecule has 2 aromatic carbocycles. The molecule has 3 rings (SSSR count). The second-order valence-electron chi connectivity index (χ2n) is 5.68. The lowest BCUT2D eigenvalue weighted by molar-refractivity contribution is -0.118. The number of nitrogens with one attached hydrogen (secondary N) is 1. The maximum atomic E-state index is 13.6. The highest BCUT2D eigenvalue weighted by atomic mass is 32.1. The summed E-state index contributed by atoms with van der Waals surface area (Å²) in [6.07, 6.45) is 2.19. The van der Waals surface area contributed by atoms with Crippen LogP contribution in [-0.2, 0) is 11.2 Å². The number of aryl methyl sites for hydroxylation is 1. The Bertz CT molecular complexity index is 910. The first-order valence-electron chi connectivity index (χ1n) is 7.87. The Hall–Kier alpha value is -2.80. The van der Waals surface area contributed by atoms with Crippen LogP contribution in [0.5, 0.6) is 5.75 Å². The zero-order chi connectivity index (χ0) is 18.5. The number of rotatable bonds is 6. The van der Waals surface area contributed by atoms with E-state index in [0.717, 1.165) is 10.4 Å². The zero-order valence-corrected chi connectivity index (χ0v) is 14.8. The molecule has 0 atom stereocenters. The number of ether oxygens (including phenoxy) is 1. The van der Waals surface area contributed by atoms with Crippen LogP contribution in [0.2, 0.25) is 0 Å². The molecule has 7 heteroatoms. The first kappa shape index (κ1) is 18.0. The Kier molecular flexibility index (Phi) is 5.58. The van der Waals surface area contributed by atoms with Crippen molar-refractivity contribution in [2.24, 2.45) is 0 Å². The van der Waals surface area contributed by atoms with Gasteiger partial charge in [0.05, 0.1) is 0 Å². The van der Waals surface area contributed by atoms with Gasteiger partial charge in [-0.3, -0.25) is 10.1 Å². The predicted molar refractivity (Wildman–Crippen MR) is 96.6 cm³/mol. The molecule has 0 saturated heterocycles. The highest BCUT2D eigenvalue weighted by Crippen LogP contribution is 2.22. The summed E-state index contributed by atoms with van der Waals surface area (Å²) in [6.45, 7) is 1.51. The SMILES string of the molecule is Cc1ccc(Cc2cnc(NC(=O)COc3ccc(F)cc3)s2)cc1F. The zero-order valence-electron chi connectivity index (χ0n) is 14.0. The van der Waals surface area contributed by atoms with Crippen LogP contribution in [0, 0.1) is 18.6 Å². The van der Waals surface area contributed by atoms with Gasteiger partial charge in [-0.25, -0.2) is 13.8 Å². The van der Waals surface area contributed by atoms with Crippen molar-refractivity contribution < 1.29 is 18.3 Å². The van der Waals surface area contributed by atoms with Gasteiger partial charge in [-0.15, -0.1) is 11.3 Å². The second-order valence-corrected chi connectivity index (χ2v) is 6.80. The van der Waals surface area contributed by atoms with Crippen molar-refractivity contribution in [1.29, 1.82) is 0 Å². The molecule has 3 aromatic rings. The van der Waals surface area contributed by atoms with E-state index in [-0.39, 0.29) is 24.1 Å². The first-order chi connectivity index (χ1) is 12.5. The topological polar surface area (TPSA) is 51.2 Å². The van der Waals surface area contributed by atoms with Gasteiger partial charge in [0, 0.05) is 17.5 Å². The Morgan fingerprint density at radius 2 is 1.96 bits per heavy atom. The Morgan fingerprint density at radius 1 is 1.19 bits per heavy atom. The average Bonchev–Trinajstić information content (AvgIpc) is 3.04. The number of carbonyl (C=O) groups excluding carboxylic acids is 1. The number of thiazole rings is 1. The van der Waals surface area contributed by atoms with Gasteiger partial charge in [0.25, 0.3) is 5.91 Å². The molecular formula is C19H16F2N2O2S. The molecule has 0 spiro atoms. The van der Waals surface area contributed by atoms with Crippen LogP contribution in [0.15, 0.2) is 48.7 Å². The molecule has 0 aliphatic heterocycles. The molecule has 0 unspecified atom stereocenters. The average molecular weight is 374 g/mol. The molecule has 0 radical (unpaired) electrons. The number of anilines is 1. The summed E-state index contributed by atoms with van der Waals surface area (Å²) in [4.78, 5) is 17.0. The van der Waals surface area contributed by atoms with E-state index in [1.165, 1.54) is 41.7 Å². The van der Waals surface area contributed by atoms with E-state index < -0.39 is 0 Å². The van der Waals surface area contributed by atoms with Gasteiger partial charge in [0.15, 0.2) is 11.7 Å². The molecule has 0 aliphatic carbocycles. The van der Waals surface area contributed by atoms with Gasteiger partial charge >= 0.3 is 0 Å². The Morgan fingerprint density at radius 3 is 2.69 bits per heavy atom. The molecule has 26 heavy (non-hydrogen) atoms. The molecule has 1 amide bonds. The van der Waals surface area contributed by atoms with Crippen molar-refractivity contribution in [3.63, 3.8) is 0 Å². The molecule has 0 aliphatic rings. The number of amides is 1. The number of carbonyl (C=O) groups is 1. The lowest BCUT2D eigenvalue weighted by Crippen LogP contribution is -2.19. The van der Waals surface area contributed by atoms with Gasteiger partial charge in [-0.1, -0.05) is 12.1 Å². The first-order valence-corrected chi connectivity index (χ1v) is 8.69. The van der Waals surface area contributed by atoms with Crippen molar-refractivity contribution >= 4 is 22.4 Å². The molecule has 1 N–H and O–H groups in total. The fraction of sp³-hybridized carbons (Fsp3) is 0.158. The minimum absolute atomic E-state index is 0.205. The number of halogens is 2. The van der Waals surface area contributed by atoms with Crippen molar-refractivity contribution in [2.75, 3.05) is 11.9 Å². The third kappa shape index (κ3) is 4.86. The summed E-state index contributed by atoms with van der Waals surface area (Å²) in [5.74, 6) is -0.566. The highest BCUT2D eigenvalue weighted by Gasteiger charge is 2.09. The molecule has 134 valence electrons. The van der Waals surface area contributed by atoms with Gasteiger partial charge in [0.2, 0.25) is 0 Å². The molecular weight excluding hydrogens is 358 g/mol. The summed E-state index contributed by atoms with van der Waals surface area (Å²) in [5, 5.41) is 3.09. The predicted octanol–water partition coefficient (Wildman–Crippen LogP) is 4.34. The van der Waals surface area contributed by atoms with Crippen LogP contribution >= 0.6 is 11.3 Å². The fourth-order valence-electron chi connectivity index (χ4n) is 2.23. The summed E-state index contributed by atoms with van der Waals surface area (Å²) >= 11 is 1.32. The normalized spacial score (nSPS) is 10.6. The Labute approximate surface area is 153 Å². The molecule has 4 nitrogen and oxygen atoms in total. The molecule has 0 bridgehead atoms. The molecule has 1 heterocycles. The van der Waals surface area contributed by atoms with Gasteiger partial charge in [0.1, 0.15) is 17.4 Å². The summed E-state index contributed by atoms with van der Waals surface area (Å²) < 4.78 is 31.7. The van der Waals surface area contributed by atoms with Crippen molar-refractivity contribution in [2.45, 2.75) is 13.3 Å². The minimum Gasteiger partial charge on any atom is -0.484 e. The standard InChI is InChI=1S/C19H16F2N2O2S/c1-12-2-3-13(9-17(12)21)8-16-10-22-19(26-16)23-18(24)11-25-15-6-4-14(20)5-7-15/h2-7,9-10H,8,11H2,1H3,(H,22,23,24). The van der Waals surface area contributed by atoms with Gasteiger partial charge < -0.3 is 4.74 Å². The van der Waals surface area contributed by atoms with Crippen LogP contribution in [0.4, 0.5) is 13.9 Å². The minimum atomic E-state index is -0.370. The van der Waals surface area contributed by atoms with E-state index in [4.69, 9.17) is 4.74 Å². The third-order valence-corrected chi connectivity index (χ3v) is 4.51. The van der Waals surface area contributed by atoms with Crippen molar-refractivity contribution in [3.8, 4) is 5.75 Å². The van der Waals surface area contributed by atoms with Gasteiger partial charge in [-0.2, -0.15) is 0 Å². The molecule has 1 aromatic heterocycles. The number of nitrogens with zero attached hydrogens (tertiary/aromatic N) is 1. The Balaban J connectivity index is 1.53. The van der Waals surface area contributed by atoms with E-state index in [2.05, 4.69) is 10.3 Å². The van der Waals surface area contributed by atoms with Crippen molar-refractivity contribution in [1.82, 2.24) is 4.98 Å². The largest absolute Gasteiger partial charge is 0.484 e. The molecule has 0 saturated carbocycles. The van der Waals surface area contributed by atoms with E-state index in [1.807, 2.05) is 6.07 Å². The maximum Gasteiger partial charge on any atom is 0.264 e. The van der Waals surface area contributed by atoms with Gasteiger partial charge in [-0.05, 0) is 48.4 Å². The summed E-state index contributed by atoms with van der Waals surface area (Å²) in [5.41, 5.74) is 1.45. The number of benzene rings is 2. The highest BCUT2D eigenvalue weighted by molar-refractivity contribution is 7.15. The van der Waals surface area contributed by atoms with Crippen molar-refractivity contribution in [3.05, 3.63) is 76.3 Å². The van der Waals surface area contributed by atoms with Crippen LogP contribution in [0.25, 0.3) is 0 Å². The van der Waals surface area contributed by atoms with Crippen LogP contribution in [0.3, 0.4) is 0 Å². The third-order valence-electron chi connectivity index (χ3n) is 3.60. The summed E-state index contributed by atoms with van der Waals surface area (Å²) in [7, 11) is 0. The smallest absolute Gasteiger partial charge is 0.264 e. The lowest BCUT2D eigenvalue weighted by atomic mass is 10.1. The van der Waals surface area contributed by atoms with Crippen LogP contribution < -0.4 is 10.1 Å². The number of hydrogen-bond acceptors (Lipinski definition) is 4. The van der Waals surface area contributed by atoms with Crippen LogP contribution in [0.1, 0.15) is 16.0 Å². The van der Waals surface area contributed by atoms with E-state index in [9.17, 15) is 13.6 Å². The fourth-order valence-corrected chi connectivity index (χ4v) is 3.09. The maximum absolute atomic E-state index is 13.6. The monoisotopic (exact) mass is 374 g/mol. The van der Waals surface area contributed by atoms with E-state index >= 15 is 0 Å². The van der Waals surface area contributed by atoms with E-state index in [1.54, 1.807) is 19.2 Å². The quantitative estimate of drug-likeness (QED) is 0.698. The van der Waals surface area contributed by atoms with E-state index in [0.29, 0.717) is 22.9 Å². The summed E-state index contributed by atoms with van der Waals surface area (Å²) in [6, 6.07) is 10.5.